The van der Waals surface area contributed by atoms with Crippen molar-refractivity contribution >= 4 is 17.6 Å². The molecule has 1 N–H and O–H groups in total. The van der Waals surface area contributed by atoms with Crippen LogP contribution in [0.1, 0.15) is 17.3 Å². The second-order valence-electron chi connectivity index (χ2n) is 4.81. The number of amides is 1. The Hall–Kier alpha value is -2.88. The highest BCUT2D eigenvalue weighted by Gasteiger charge is 2.28. The molecule has 0 aliphatic heterocycles. The van der Waals surface area contributed by atoms with Crippen LogP contribution in [0, 0.1) is 10.1 Å². The number of nitro benzene ring substituents is 1. The molecular weight excluding hydrogens is 336 g/mol. The standard InChI is InChI=1S/C15H20N2O8/c1-9(14(18)16-5-6-22-2)25-15(19)10-7-12(23-3)13(24-4)8-11(10)17(20)21/h7-9H,5-6H2,1-4H3,(H,16,18)/t9-/m0/s1. The van der Waals surface area contributed by atoms with Crippen LogP contribution in [-0.2, 0) is 14.3 Å². The molecule has 0 unspecified atom stereocenters. The molecular formula is C15H20N2O8. The van der Waals surface area contributed by atoms with E-state index in [0.29, 0.717) is 6.61 Å². The molecule has 1 rings (SSSR count). The summed E-state index contributed by atoms with van der Waals surface area (Å²) in [6.45, 7) is 1.90. The third-order valence-corrected chi connectivity index (χ3v) is 3.18. The van der Waals surface area contributed by atoms with Crippen LogP contribution in [0.15, 0.2) is 12.1 Å². The third kappa shape index (κ3) is 5.31. The normalized spacial score (nSPS) is 11.4. The summed E-state index contributed by atoms with van der Waals surface area (Å²) in [5, 5.41) is 13.7. The van der Waals surface area contributed by atoms with Crippen LogP contribution in [0.3, 0.4) is 0 Å². The number of carbonyl (C=O) groups excluding carboxylic acids is 2. The fraction of sp³-hybridized carbons (Fsp3) is 0.467. The van der Waals surface area contributed by atoms with Crippen molar-refractivity contribution in [3.05, 3.63) is 27.8 Å². The van der Waals surface area contributed by atoms with E-state index in [2.05, 4.69) is 5.32 Å². The maximum absolute atomic E-state index is 12.3. The average molecular weight is 356 g/mol. The number of ether oxygens (including phenoxy) is 4. The van der Waals surface area contributed by atoms with Crippen molar-refractivity contribution in [2.24, 2.45) is 0 Å². The summed E-state index contributed by atoms with van der Waals surface area (Å²) in [5.74, 6) is -1.36. The van der Waals surface area contributed by atoms with E-state index >= 15 is 0 Å². The van der Waals surface area contributed by atoms with Crippen molar-refractivity contribution in [3.8, 4) is 11.5 Å². The molecule has 0 bridgehead atoms. The maximum atomic E-state index is 12.3. The molecule has 1 aromatic rings. The number of rotatable bonds is 9. The van der Waals surface area contributed by atoms with Crippen LogP contribution < -0.4 is 14.8 Å². The van der Waals surface area contributed by atoms with Crippen LogP contribution in [-0.4, -0.2) is 57.4 Å². The average Bonchev–Trinajstić information content (AvgIpc) is 2.60. The van der Waals surface area contributed by atoms with Gasteiger partial charge in [0.25, 0.3) is 11.6 Å². The van der Waals surface area contributed by atoms with Crippen molar-refractivity contribution in [2.75, 3.05) is 34.5 Å². The Bertz CT molecular complexity index is 647. The van der Waals surface area contributed by atoms with Crippen LogP contribution >= 0.6 is 0 Å². The SMILES string of the molecule is COCCNC(=O)[C@H](C)OC(=O)c1cc(OC)c(OC)cc1[N+](=O)[O-]. The molecule has 0 saturated heterocycles. The van der Waals surface area contributed by atoms with Gasteiger partial charge in [-0.2, -0.15) is 0 Å². The number of methoxy groups -OCH3 is 3. The van der Waals surface area contributed by atoms with Gasteiger partial charge in [-0.3, -0.25) is 14.9 Å². The Morgan fingerprint density at radius 2 is 1.80 bits per heavy atom. The van der Waals surface area contributed by atoms with E-state index in [9.17, 15) is 19.7 Å². The molecule has 138 valence electrons. The van der Waals surface area contributed by atoms with Crippen LogP contribution in [0.25, 0.3) is 0 Å². The van der Waals surface area contributed by atoms with Gasteiger partial charge in [0.15, 0.2) is 17.6 Å². The minimum Gasteiger partial charge on any atom is -0.493 e. The predicted molar refractivity (Wildman–Crippen MR) is 86.0 cm³/mol. The summed E-state index contributed by atoms with van der Waals surface area (Å²) in [6.07, 6.45) is -1.14. The largest absolute Gasteiger partial charge is 0.493 e. The van der Waals surface area contributed by atoms with E-state index in [4.69, 9.17) is 18.9 Å². The molecule has 0 aromatic heterocycles. The number of nitrogens with one attached hydrogen (secondary N) is 1. The fourth-order valence-corrected chi connectivity index (χ4v) is 1.88. The first-order valence-corrected chi connectivity index (χ1v) is 7.23. The van der Waals surface area contributed by atoms with Gasteiger partial charge in [0.1, 0.15) is 5.56 Å². The molecule has 10 nitrogen and oxygen atoms in total. The molecule has 0 radical (unpaired) electrons. The Kier molecular flexibility index (Phi) is 7.60. The molecule has 10 heteroatoms. The molecule has 1 aromatic carbocycles. The number of nitrogens with zero attached hydrogens (tertiary/aromatic N) is 1. The van der Waals surface area contributed by atoms with E-state index in [0.717, 1.165) is 12.1 Å². The van der Waals surface area contributed by atoms with E-state index in [1.807, 2.05) is 0 Å². The Labute approximate surface area is 144 Å². The Morgan fingerprint density at radius 1 is 1.20 bits per heavy atom. The number of nitro groups is 1. The second-order valence-corrected chi connectivity index (χ2v) is 4.81. The summed E-state index contributed by atoms with van der Waals surface area (Å²) in [5.41, 5.74) is -0.867. The molecule has 25 heavy (non-hydrogen) atoms. The minimum atomic E-state index is -1.14. The lowest BCUT2D eigenvalue weighted by Gasteiger charge is -2.14. The fourth-order valence-electron chi connectivity index (χ4n) is 1.88. The zero-order valence-corrected chi connectivity index (χ0v) is 14.4. The molecule has 0 spiro atoms. The van der Waals surface area contributed by atoms with Crippen molar-refractivity contribution in [1.29, 1.82) is 0 Å². The van der Waals surface area contributed by atoms with Gasteiger partial charge in [-0.1, -0.05) is 0 Å². The van der Waals surface area contributed by atoms with Gasteiger partial charge in [-0.05, 0) is 6.92 Å². The molecule has 0 fully saturated rings. The number of hydrogen-bond acceptors (Lipinski definition) is 8. The lowest BCUT2D eigenvalue weighted by molar-refractivity contribution is -0.385. The van der Waals surface area contributed by atoms with Crippen molar-refractivity contribution in [2.45, 2.75) is 13.0 Å². The van der Waals surface area contributed by atoms with Gasteiger partial charge < -0.3 is 24.3 Å². The highest BCUT2D eigenvalue weighted by atomic mass is 16.6. The quantitative estimate of drug-likeness (QED) is 0.299. The van der Waals surface area contributed by atoms with E-state index in [1.54, 1.807) is 0 Å². The van der Waals surface area contributed by atoms with E-state index in [-0.39, 0.29) is 23.6 Å². The summed E-state index contributed by atoms with van der Waals surface area (Å²) < 4.78 is 19.8. The monoisotopic (exact) mass is 356 g/mol. The van der Waals surface area contributed by atoms with Gasteiger partial charge in [-0.15, -0.1) is 0 Å². The summed E-state index contributed by atoms with van der Waals surface area (Å²) in [4.78, 5) is 34.5. The molecule has 0 aliphatic carbocycles. The number of esters is 1. The number of carbonyl (C=O) groups is 2. The highest BCUT2D eigenvalue weighted by Crippen LogP contribution is 2.34. The molecule has 1 amide bonds. The summed E-state index contributed by atoms with van der Waals surface area (Å²) >= 11 is 0. The van der Waals surface area contributed by atoms with Crippen LogP contribution in [0.2, 0.25) is 0 Å². The molecule has 1 atom stereocenters. The minimum absolute atomic E-state index is 0.0936. The first kappa shape index (κ1) is 20.2. The summed E-state index contributed by atoms with van der Waals surface area (Å²) in [7, 11) is 4.11. The first-order valence-electron chi connectivity index (χ1n) is 7.23. The van der Waals surface area contributed by atoms with Crippen molar-refractivity contribution in [3.63, 3.8) is 0 Å². The second kappa shape index (κ2) is 9.42. The predicted octanol–water partition coefficient (Wildman–Crippen LogP) is 0.920. The zero-order chi connectivity index (χ0) is 19.0. The maximum Gasteiger partial charge on any atom is 0.346 e. The van der Waals surface area contributed by atoms with Crippen LogP contribution in [0.4, 0.5) is 5.69 Å². The number of hydrogen-bond donors (Lipinski definition) is 1. The van der Waals surface area contributed by atoms with E-state index < -0.39 is 28.6 Å². The summed E-state index contributed by atoms with van der Waals surface area (Å²) in [6, 6.07) is 2.19. The smallest absolute Gasteiger partial charge is 0.346 e. The Balaban J connectivity index is 3.00. The van der Waals surface area contributed by atoms with Gasteiger partial charge in [0, 0.05) is 19.7 Å². The Morgan fingerprint density at radius 3 is 2.32 bits per heavy atom. The molecule has 0 heterocycles. The van der Waals surface area contributed by atoms with Gasteiger partial charge in [0.05, 0.1) is 31.8 Å². The van der Waals surface area contributed by atoms with Crippen molar-refractivity contribution < 1.29 is 33.5 Å². The first-order chi connectivity index (χ1) is 11.8. The lowest BCUT2D eigenvalue weighted by atomic mass is 10.1. The zero-order valence-electron chi connectivity index (χ0n) is 14.4. The molecule has 0 aliphatic rings. The lowest BCUT2D eigenvalue weighted by Crippen LogP contribution is -2.37. The highest BCUT2D eigenvalue weighted by molar-refractivity contribution is 5.96. The van der Waals surface area contributed by atoms with E-state index in [1.165, 1.54) is 28.3 Å². The topological polar surface area (TPSA) is 126 Å². The van der Waals surface area contributed by atoms with Gasteiger partial charge >= 0.3 is 5.97 Å². The van der Waals surface area contributed by atoms with Crippen molar-refractivity contribution in [1.82, 2.24) is 5.32 Å². The van der Waals surface area contributed by atoms with Gasteiger partial charge in [-0.25, -0.2) is 4.79 Å². The van der Waals surface area contributed by atoms with Crippen LogP contribution in [0.5, 0.6) is 11.5 Å². The number of benzene rings is 1. The molecule has 0 saturated carbocycles. The van der Waals surface area contributed by atoms with Gasteiger partial charge in [0.2, 0.25) is 0 Å². The third-order valence-electron chi connectivity index (χ3n) is 3.18.